The van der Waals surface area contributed by atoms with Crippen LogP contribution in [-0.2, 0) is 14.6 Å². The lowest BCUT2D eigenvalue weighted by Gasteiger charge is -2.27. The fourth-order valence-corrected chi connectivity index (χ4v) is 4.67. The number of nitrogens with one attached hydrogen (secondary N) is 1. The van der Waals surface area contributed by atoms with Crippen LogP contribution in [0.25, 0.3) is 0 Å². The fraction of sp³-hybridized carbons (Fsp3) is 0.562. The summed E-state index contributed by atoms with van der Waals surface area (Å²) in [7, 11) is -2.98. The largest absolute Gasteiger partial charge is 0.376 e. The molecule has 1 N–H and O–H groups in total. The number of hydrogen-bond acceptors (Lipinski definition) is 4. The molecular weight excluding hydrogens is 300 g/mol. The van der Waals surface area contributed by atoms with Crippen molar-refractivity contribution in [1.29, 1.82) is 0 Å². The van der Waals surface area contributed by atoms with Crippen LogP contribution < -0.4 is 5.32 Å². The van der Waals surface area contributed by atoms with Crippen LogP contribution in [0.15, 0.2) is 18.2 Å². The lowest BCUT2D eigenvalue weighted by molar-refractivity contribution is -0.130. The van der Waals surface area contributed by atoms with Crippen LogP contribution >= 0.6 is 0 Å². The van der Waals surface area contributed by atoms with E-state index in [0.717, 1.165) is 11.3 Å². The van der Waals surface area contributed by atoms with Crippen molar-refractivity contribution in [2.75, 3.05) is 29.9 Å². The van der Waals surface area contributed by atoms with E-state index in [2.05, 4.69) is 11.4 Å². The van der Waals surface area contributed by atoms with Crippen LogP contribution in [0.3, 0.4) is 0 Å². The molecule has 0 aromatic heterocycles. The zero-order valence-electron chi connectivity index (χ0n) is 13.4. The van der Waals surface area contributed by atoms with Crippen LogP contribution in [0.4, 0.5) is 5.69 Å². The number of amides is 1. The molecule has 0 spiro atoms. The second-order valence-corrected chi connectivity index (χ2v) is 8.14. The summed E-state index contributed by atoms with van der Waals surface area (Å²) < 4.78 is 23.2. The van der Waals surface area contributed by atoms with Crippen LogP contribution in [0.1, 0.15) is 24.5 Å². The van der Waals surface area contributed by atoms with E-state index in [1.54, 1.807) is 4.90 Å². The van der Waals surface area contributed by atoms with Gasteiger partial charge in [0.15, 0.2) is 9.84 Å². The average Bonchev–Trinajstić information content (AvgIpc) is 2.78. The van der Waals surface area contributed by atoms with Gasteiger partial charge in [0.05, 0.1) is 18.1 Å². The average molecular weight is 324 g/mol. The molecule has 122 valence electrons. The summed E-state index contributed by atoms with van der Waals surface area (Å²) in [5.74, 6) is 0.229. The monoisotopic (exact) mass is 324 g/mol. The quantitative estimate of drug-likeness (QED) is 0.896. The molecule has 1 saturated heterocycles. The Hall–Kier alpha value is -1.56. The van der Waals surface area contributed by atoms with E-state index in [0.29, 0.717) is 13.0 Å². The topological polar surface area (TPSA) is 66.5 Å². The fourth-order valence-electron chi connectivity index (χ4n) is 2.94. The Labute approximate surface area is 132 Å². The molecule has 0 bridgehead atoms. The molecule has 2 rings (SSSR count). The first-order chi connectivity index (χ1) is 10.3. The molecule has 1 unspecified atom stereocenters. The molecule has 0 radical (unpaired) electrons. The number of carbonyl (C=O) groups excluding carboxylic acids is 1. The normalized spacial score (nSPS) is 19.9. The Morgan fingerprint density at radius 3 is 2.64 bits per heavy atom. The predicted octanol–water partition coefficient (Wildman–Crippen LogP) is 1.75. The summed E-state index contributed by atoms with van der Waals surface area (Å²) in [5, 5.41) is 3.16. The van der Waals surface area contributed by atoms with Crippen molar-refractivity contribution in [3.05, 3.63) is 29.3 Å². The van der Waals surface area contributed by atoms with Gasteiger partial charge in [-0.15, -0.1) is 0 Å². The maximum atomic E-state index is 12.4. The van der Waals surface area contributed by atoms with Crippen molar-refractivity contribution >= 4 is 21.4 Å². The van der Waals surface area contributed by atoms with Gasteiger partial charge in [0, 0.05) is 18.3 Å². The third kappa shape index (κ3) is 4.00. The molecule has 6 heteroatoms. The van der Waals surface area contributed by atoms with E-state index in [-0.39, 0.29) is 30.0 Å². The van der Waals surface area contributed by atoms with E-state index in [9.17, 15) is 13.2 Å². The van der Waals surface area contributed by atoms with Gasteiger partial charge in [-0.25, -0.2) is 8.42 Å². The van der Waals surface area contributed by atoms with Gasteiger partial charge >= 0.3 is 0 Å². The summed E-state index contributed by atoms with van der Waals surface area (Å²) in [4.78, 5) is 14.1. The number of hydrogen-bond donors (Lipinski definition) is 1. The number of nitrogens with zero attached hydrogens (tertiary/aromatic N) is 1. The van der Waals surface area contributed by atoms with Crippen molar-refractivity contribution in [2.24, 2.45) is 0 Å². The molecule has 1 aliphatic rings. The third-order valence-corrected chi connectivity index (χ3v) is 5.87. The minimum Gasteiger partial charge on any atom is -0.376 e. The van der Waals surface area contributed by atoms with Crippen molar-refractivity contribution in [3.8, 4) is 0 Å². The Kier molecular flexibility index (Phi) is 5.11. The lowest BCUT2D eigenvalue weighted by Crippen LogP contribution is -2.43. The molecule has 22 heavy (non-hydrogen) atoms. The molecular formula is C16H24N2O3S. The summed E-state index contributed by atoms with van der Waals surface area (Å²) in [6, 6.07) is 5.85. The molecule has 0 aliphatic carbocycles. The Morgan fingerprint density at radius 2 is 2.09 bits per heavy atom. The molecule has 0 saturated carbocycles. The van der Waals surface area contributed by atoms with E-state index in [1.165, 1.54) is 5.56 Å². The molecule has 1 aromatic carbocycles. The first-order valence-corrected chi connectivity index (χ1v) is 9.45. The lowest BCUT2D eigenvalue weighted by atomic mass is 10.1. The van der Waals surface area contributed by atoms with E-state index in [4.69, 9.17) is 0 Å². The zero-order valence-corrected chi connectivity index (χ0v) is 14.2. The Morgan fingerprint density at radius 1 is 1.36 bits per heavy atom. The van der Waals surface area contributed by atoms with Gasteiger partial charge in [-0.3, -0.25) is 4.79 Å². The molecule has 1 atom stereocenters. The van der Waals surface area contributed by atoms with Crippen molar-refractivity contribution in [1.82, 2.24) is 4.90 Å². The number of carbonyl (C=O) groups is 1. The van der Waals surface area contributed by atoms with Gasteiger partial charge in [-0.2, -0.15) is 0 Å². The van der Waals surface area contributed by atoms with Crippen molar-refractivity contribution in [3.63, 3.8) is 0 Å². The molecule has 1 heterocycles. The SMILES string of the molecule is CCN(C(=O)CNc1ccc(C)cc1C)C1CCS(=O)(=O)C1. The summed E-state index contributed by atoms with van der Waals surface area (Å²) in [6.45, 7) is 6.64. The standard InChI is InChI=1S/C16H24N2O3S/c1-4-18(14-7-8-22(20,21)11-14)16(19)10-17-15-6-5-12(2)9-13(15)3/h5-6,9,14,17H,4,7-8,10-11H2,1-3H3. The van der Waals surface area contributed by atoms with Crippen molar-refractivity contribution < 1.29 is 13.2 Å². The second kappa shape index (κ2) is 6.69. The molecule has 1 fully saturated rings. The van der Waals surface area contributed by atoms with Gasteiger partial charge in [0.2, 0.25) is 5.91 Å². The highest BCUT2D eigenvalue weighted by Gasteiger charge is 2.33. The number of rotatable bonds is 5. The summed E-state index contributed by atoms with van der Waals surface area (Å²) in [5.41, 5.74) is 3.22. The maximum Gasteiger partial charge on any atom is 0.242 e. The molecule has 1 aromatic rings. The number of likely N-dealkylation sites (N-methyl/N-ethyl adjacent to an activating group) is 1. The zero-order chi connectivity index (χ0) is 16.3. The van der Waals surface area contributed by atoms with Crippen LogP contribution in [-0.4, -0.2) is 49.9 Å². The first kappa shape index (κ1) is 16.8. The minimum atomic E-state index is -2.98. The van der Waals surface area contributed by atoms with Gasteiger partial charge in [0.25, 0.3) is 0 Å². The first-order valence-electron chi connectivity index (χ1n) is 7.63. The predicted molar refractivity (Wildman–Crippen MR) is 88.9 cm³/mol. The third-order valence-electron chi connectivity index (χ3n) is 4.12. The summed E-state index contributed by atoms with van der Waals surface area (Å²) >= 11 is 0. The van der Waals surface area contributed by atoms with E-state index < -0.39 is 9.84 Å². The number of benzene rings is 1. The number of aryl methyl sites for hydroxylation is 2. The molecule has 5 nitrogen and oxygen atoms in total. The number of anilines is 1. The van der Waals surface area contributed by atoms with Crippen LogP contribution in [0, 0.1) is 13.8 Å². The van der Waals surface area contributed by atoms with E-state index >= 15 is 0 Å². The van der Waals surface area contributed by atoms with Gasteiger partial charge in [0.1, 0.15) is 0 Å². The Balaban J connectivity index is 1.98. The van der Waals surface area contributed by atoms with Crippen LogP contribution in [0.2, 0.25) is 0 Å². The van der Waals surface area contributed by atoms with Gasteiger partial charge in [-0.1, -0.05) is 17.7 Å². The van der Waals surface area contributed by atoms with Crippen LogP contribution in [0.5, 0.6) is 0 Å². The molecule has 1 amide bonds. The van der Waals surface area contributed by atoms with Gasteiger partial charge < -0.3 is 10.2 Å². The van der Waals surface area contributed by atoms with Gasteiger partial charge in [-0.05, 0) is 38.8 Å². The summed E-state index contributed by atoms with van der Waals surface area (Å²) in [6.07, 6.45) is 0.547. The smallest absolute Gasteiger partial charge is 0.242 e. The van der Waals surface area contributed by atoms with E-state index in [1.807, 2.05) is 32.9 Å². The molecule has 1 aliphatic heterocycles. The van der Waals surface area contributed by atoms with Crippen molar-refractivity contribution in [2.45, 2.75) is 33.2 Å². The highest BCUT2D eigenvalue weighted by atomic mass is 32.2. The Bertz CT molecular complexity index is 655. The minimum absolute atomic E-state index is 0.0513. The second-order valence-electron chi connectivity index (χ2n) is 5.91. The number of sulfone groups is 1. The maximum absolute atomic E-state index is 12.4. The highest BCUT2D eigenvalue weighted by Crippen LogP contribution is 2.19. The highest BCUT2D eigenvalue weighted by molar-refractivity contribution is 7.91.